The number of hydrogen-bond acceptors (Lipinski definition) is 6. The van der Waals surface area contributed by atoms with Gasteiger partial charge in [-0.15, -0.1) is 0 Å². The van der Waals surface area contributed by atoms with Crippen LogP contribution in [-0.2, 0) is 16.1 Å². The van der Waals surface area contributed by atoms with Crippen LogP contribution in [0.5, 0.6) is 0 Å². The molecule has 0 aromatic carbocycles. The Kier molecular flexibility index (Phi) is 4.78. The fourth-order valence-electron chi connectivity index (χ4n) is 1.43. The Hall–Kier alpha value is -1.96. The van der Waals surface area contributed by atoms with Gasteiger partial charge >= 0.3 is 11.8 Å². The number of carbonyl (C=O) groups is 1. The molecule has 18 heavy (non-hydrogen) atoms. The molecule has 0 bridgehead atoms. The standard InChI is InChI=1S/C10H16N4O4/c1-8-11-6-9(14(16)17)13(8)4-5-18-10(15)7-12(2)3/h6H,4-5,7H2,1-3H3. The first kappa shape index (κ1) is 14.1. The number of aryl methyl sites for hydroxylation is 1. The van der Waals surface area contributed by atoms with Crippen LogP contribution in [0.2, 0.25) is 0 Å². The highest BCUT2D eigenvalue weighted by Gasteiger charge is 2.17. The molecule has 0 fully saturated rings. The third-order valence-corrected chi connectivity index (χ3v) is 2.24. The molecule has 0 spiro atoms. The number of nitrogens with zero attached hydrogens (tertiary/aromatic N) is 4. The molecule has 0 aliphatic carbocycles. The van der Waals surface area contributed by atoms with E-state index >= 15 is 0 Å². The molecular formula is C10H16N4O4. The quantitative estimate of drug-likeness (QED) is 0.410. The summed E-state index contributed by atoms with van der Waals surface area (Å²) in [6, 6.07) is 0. The number of rotatable bonds is 6. The van der Waals surface area contributed by atoms with Crippen molar-refractivity contribution >= 4 is 11.8 Å². The van der Waals surface area contributed by atoms with Crippen LogP contribution in [0, 0.1) is 17.0 Å². The van der Waals surface area contributed by atoms with Gasteiger partial charge in [0, 0.05) is 6.92 Å². The van der Waals surface area contributed by atoms with E-state index in [1.807, 2.05) is 0 Å². The number of likely N-dealkylation sites (N-methyl/N-ethyl adjacent to an activating group) is 1. The maximum atomic E-state index is 11.3. The van der Waals surface area contributed by atoms with E-state index < -0.39 is 4.92 Å². The van der Waals surface area contributed by atoms with Gasteiger partial charge in [0.2, 0.25) is 0 Å². The SMILES string of the molecule is Cc1ncc([N+](=O)[O-])n1CCOC(=O)CN(C)C. The van der Waals surface area contributed by atoms with Gasteiger partial charge in [0.1, 0.15) is 19.3 Å². The van der Waals surface area contributed by atoms with Crippen LogP contribution in [-0.4, -0.2) is 52.6 Å². The van der Waals surface area contributed by atoms with Gasteiger partial charge in [0.25, 0.3) is 0 Å². The smallest absolute Gasteiger partial charge is 0.342 e. The average Bonchev–Trinajstić information content (AvgIpc) is 2.59. The van der Waals surface area contributed by atoms with Gasteiger partial charge < -0.3 is 14.9 Å². The van der Waals surface area contributed by atoms with Gasteiger partial charge in [0.05, 0.1) is 6.54 Å². The second kappa shape index (κ2) is 6.10. The summed E-state index contributed by atoms with van der Waals surface area (Å²) in [6.07, 6.45) is 1.19. The van der Waals surface area contributed by atoms with Gasteiger partial charge in [-0.3, -0.25) is 9.69 Å². The summed E-state index contributed by atoms with van der Waals surface area (Å²) in [4.78, 5) is 27.0. The highest BCUT2D eigenvalue weighted by Crippen LogP contribution is 2.12. The Labute approximate surface area is 104 Å². The van der Waals surface area contributed by atoms with E-state index in [9.17, 15) is 14.9 Å². The molecule has 0 atom stereocenters. The van der Waals surface area contributed by atoms with E-state index in [1.54, 1.807) is 25.9 Å². The number of hydrogen-bond donors (Lipinski definition) is 0. The Morgan fingerprint density at radius 3 is 2.83 bits per heavy atom. The van der Waals surface area contributed by atoms with E-state index in [-0.39, 0.29) is 31.5 Å². The van der Waals surface area contributed by atoms with Crippen LogP contribution < -0.4 is 0 Å². The second-order valence-corrected chi connectivity index (χ2v) is 4.03. The molecule has 0 saturated carbocycles. The fourth-order valence-corrected chi connectivity index (χ4v) is 1.43. The van der Waals surface area contributed by atoms with Crippen LogP contribution in [0.1, 0.15) is 5.82 Å². The van der Waals surface area contributed by atoms with Crippen LogP contribution >= 0.6 is 0 Å². The minimum absolute atomic E-state index is 0.0880. The molecule has 0 radical (unpaired) electrons. The molecule has 8 nitrogen and oxygen atoms in total. The van der Waals surface area contributed by atoms with Crippen molar-refractivity contribution in [3.8, 4) is 0 Å². The lowest BCUT2D eigenvalue weighted by Crippen LogP contribution is -2.24. The molecule has 1 aromatic rings. The summed E-state index contributed by atoms with van der Waals surface area (Å²) in [7, 11) is 3.51. The number of imidazole rings is 1. The van der Waals surface area contributed by atoms with Gasteiger partial charge in [-0.05, 0) is 19.0 Å². The normalized spacial score (nSPS) is 10.7. The minimum Gasteiger partial charge on any atom is -0.461 e. The number of ether oxygens (including phenoxy) is 1. The zero-order valence-corrected chi connectivity index (χ0v) is 10.6. The molecule has 0 saturated heterocycles. The van der Waals surface area contributed by atoms with Crippen LogP contribution in [0.4, 0.5) is 5.82 Å². The van der Waals surface area contributed by atoms with Gasteiger partial charge in [-0.1, -0.05) is 0 Å². The van der Waals surface area contributed by atoms with Gasteiger partial charge in [-0.2, -0.15) is 0 Å². The molecule has 0 aliphatic heterocycles. The first-order valence-corrected chi connectivity index (χ1v) is 5.38. The third-order valence-electron chi connectivity index (χ3n) is 2.24. The first-order chi connectivity index (χ1) is 8.41. The number of aromatic nitrogens is 2. The number of esters is 1. The van der Waals surface area contributed by atoms with Crippen molar-refractivity contribution < 1.29 is 14.5 Å². The van der Waals surface area contributed by atoms with Gasteiger partial charge in [0.15, 0.2) is 5.82 Å². The summed E-state index contributed by atoms with van der Waals surface area (Å²) in [6.45, 7) is 2.16. The molecule has 100 valence electrons. The summed E-state index contributed by atoms with van der Waals surface area (Å²) >= 11 is 0. The summed E-state index contributed by atoms with van der Waals surface area (Å²) in [5, 5.41) is 10.7. The van der Waals surface area contributed by atoms with Gasteiger partial charge in [-0.25, -0.2) is 9.55 Å². The lowest BCUT2D eigenvalue weighted by Gasteiger charge is -2.09. The highest BCUT2D eigenvalue weighted by atomic mass is 16.6. The van der Waals surface area contributed by atoms with Crippen molar-refractivity contribution in [2.45, 2.75) is 13.5 Å². The Bertz CT molecular complexity index is 441. The molecule has 0 aliphatic rings. The maximum Gasteiger partial charge on any atom is 0.342 e. The summed E-state index contributed by atoms with van der Waals surface area (Å²) in [5.74, 6) is 0.0574. The van der Waals surface area contributed by atoms with Crippen molar-refractivity contribution in [2.24, 2.45) is 0 Å². The molecular weight excluding hydrogens is 240 g/mol. The maximum absolute atomic E-state index is 11.3. The molecule has 0 amide bonds. The summed E-state index contributed by atoms with van der Waals surface area (Å²) < 4.78 is 6.37. The summed E-state index contributed by atoms with van der Waals surface area (Å²) in [5.41, 5.74) is 0. The van der Waals surface area contributed by atoms with E-state index in [4.69, 9.17) is 4.74 Å². The third kappa shape index (κ3) is 3.81. The predicted octanol–water partition coefficient (Wildman–Crippen LogP) is 0.205. The predicted molar refractivity (Wildman–Crippen MR) is 63.1 cm³/mol. The van der Waals surface area contributed by atoms with E-state index in [0.717, 1.165) is 0 Å². The Morgan fingerprint density at radius 2 is 2.28 bits per heavy atom. The van der Waals surface area contributed by atoms with Crippen molar-refractivity contribution in [3.05, 3.63) is 22.1 Å². The van der Waals surface area contributed by atoms with Crippen molar-refractivity contribution in [1.82, 2.24) is 14.5 Å². The lowest BCUT2D eigenvalue weighted by atomic mass is 10.5. The molecule has 1 aromatic heterocycles. The lowest BCUT2D eigenvalue weighted by molar-refractivity contribution is -0.392. The molecule has 0 N–H and O–H groups in total. The number of carbonyl (C=O) groups excluding carboxylic acids is 1. The Balaban J connectivity index is 2.51. The topological polar surface area (TPSA) is 90.5 Å². The van der Waals surface area contributed by atoms with E-state index in [0.29, 0.717) is 5.82 Å². The first-order valence-electron chi connectivity index (χ1n) is 5.38. The molecule has 1 heterocycles. The van der Waals surface area contributed by atoms with Crippen molar-refractivity contribution in [1.29, 1.82) is 0 Å². The second-order valence-electron chi connectivity index (χ2n) is 4.03. The monoisotopic (exact) mass is 256 g/mol. The van der Waals surface area contributed by atoms with E-state index in [1.165, 1.54) is 10.8 Å². The molecule has 0 unspecified atom stereocenters. The zero-order valence-electron chi connectivity index (χ0n) is 10.6. The average molecular weight is 256 g/mol. The minimum atomic E-state index is -0.512. The largest absolute Gasteiger partial charge is 0.461 e. The number of nitro groups is 1. The van der Waals surface area contributed by atoms with Crippen LogP contribution in [0.25, 0.3) is 0 Å². The highest BCUT2D eigenvalue weighted by molar-refractivity contribution is 5.71. The Morgan fingerprint density at radius 1 is 1.61 bits per heavy atom. The fraction of sp³-hybridized carbons (Fsp3) is 0.600. The van der Waals surface area contributed by atoms with E-state index in [2.05, 4.69) is 4.98 Å². The van der Waals surface area contributed by atoms with Crippen molar-refractivity contribution in [3.63, 3.8) is 0 Å². The van der Waals surface area contributed by atoms with Crippen LogP contribution in [0.15, 0.2) is 6.20 Å². The van der Waals surface area contributed by atoms with Crippen LogP contribution in [0.3, 0.4) is 0 Å². The molecule has 1 rings (SSSR count). The van der Waals surface area contributed by atoms with Crippen molar-refractivity contribution in [2.75, 3.05) is 27.2 Å². The zero-order chi connectivity index (χ0) is 13.7. The molecule has 8 heteroatoms.